The zero-order chi connectivity index (χ0) is 23.5. The molecule has 0 spiro atoms. The number of hydrogen-bond donors (Lipinski definition) is 3. The number of hydrogen-bond acceptors (Lipinski definition) is 9. The van der Waals surface area contributed by atoms with Crippen molar-refractivity contribution in [2.24, 2.45) is 0 Å². The zero-order valence-corrected chi connectivity index (χ0v) is 17.6. The van der Waals surface area contributed by atoms with Crippen LogP contribution in [0.4, 0.5) is 11.8 Å². The zero-order valence-electron chi connectivity index (χ0n) is 17.6. The van der Waals surface area contributed by atoms with Gasteiger partial charge in [0.15, 0.2) is 0 Å². The number of rotatable bonds is 5. The lowest BCUT2D eigenvalue weighted by Crippen LogP contribution is -2.13. The van der Waals surface area contributed by atoms with Crippen molar-refractivity contribution in [3.8, 4) is 11.5 Å². The number of aryl methyl sites for hydroxylation is 1. The number of nitrogen functional groups attached to an aromatic ring is 2. The predicted octanol–water partition coefficient (Wildman–Crippen LogP) is 3.38. The molecule has 1 aromatic heterocycles. The van der Waals surface area contributed by atoms with Crippen LogP contribution in [0, 0.1) is 6.92 Å². The first kappa shape index (κ1) is 21.6. The highest BCUT2D eigenvalue weighted by Gasteiger charge is 2.20. The number of phenols is 1. The van der Waals surface area contributed by atoms with Gasteiger partial charge in [-0.15, -0.1) is 0 Å². The number of aromatic nitrogens is 2. The molecule has 9 nitrogen and oxygen atoms in total. The Hall–Kier alpha value is -4.66. The summed E-state index contributed by atoms with van der Waals surface area (Å²) < 4.78 is 10.8. The van der Waals surface area contributed by atoms with Gasteiger partial charge in [0.2, 0.25) is 5.95 Å². The van der Waals surface area contributed by atoms with Crippen molar-refractivity contribution >= 4 is 34.6 Å². The van der Waals surface area contributed by atoms with E-state index < -0.39 is 11.9 Å². The molecule has 4 aromatic rings. The van der Waals surface area contributed by atoms with Crippen LogP contribution in [0.25, 0.3) is 10.9 Å². The molecule has 0 aliphatic rings. The number of esters is 2. The first-order chi connectivity index (χ1) is 15.8. The van der Waals surface area contributed by atoms with E-state index in [1.165, 1.54) is 24.3 Å². The van der Waals surface area contributed by atoms with Gasteiger partial charge in [0, 0.05) is 5.39 Å². The van der Waals surface area contributed by atoms with Crippen molar-refractivity contribution < 1.29 is 24.2 Å². The summed E-state index contributed by atoms with van der Waals surface area (Å²) in [5.74, 6) is -1.37. The largest absolute Gasteiger partial charge is 0.507 e. The van der Waals surface area contributed by atoms with Crippen molar-refractivity contribution in [1.82, 2.24) is 9.97 Å². The molecule has 0 atom stereocenters. The first-order valence-corrected chi connectivity index (χ1v) is 9.92. The van der Waals surface area contributed by atoms with E-state index in [4.69, 9.17) is 20.9 Å². The van der Waals surface area contributed by atoms with Crippen LogP contribution >= 0.6 is 0 Å². The number of para-hydroxylation sites is 2. The summed E-state index contributed by atoms with van der Waals surface area (Å²) >= 11 is 0. The number of carbonyl (C=O) groups excluding carboxylic acids is 2. The molecular weight excluding hydrogens is 424 g/mol. The summed E-state index contributed by atoms with van der Waals surface area (Å²) in [5, 5.41) is 10.5. The number of benzene rings is 3. The van der Waals surface area contributed by atoms with Crippen LogP contribution in [0.15, 0.2) is 60.7 Å². The average molecular weight is 444 g/mol. The summed E-state index contributed by atoms with van der Waals surface area (Å²) in [4.78, 5) is 33.4. The fourth-order valence-corrected chi connectivity index (χ4v) is 3.39. The van der Waals surface area contributed by atoms with E-state index in [2.05, 4.69) is 9.97 Å². The van der Waals surface area contributed by atoms with Crippen molar-refractivity contribution in [2.75, 3.05) is 11.5 Å². The molecule has 4 rings (SSSR count). The standard InChI is InChI=1S/C24H20N4O5/c1-13-14(10-11-17-20(13)21(25)28-24(26)27-17)12-32-22(30)16-7-3-5-9-19(16)33-23(31)15-6-2-4-8-18(15)29/h2-11,29H,12H2,1H3,(H4,25,26,27,28). The van der Waals surface area contributed by atoms with E-state index in [1.54, 1.807) is 36.4 Å². The highest BCUT2D eigenvalue weighted by molar-refractivity contribution is 5.97. The van der Waals surface area contributed by atoms with Gasteiger partial charge in [0.1, 0.15) is 35.1 Å². The van der Waals surface area contributed by atoms with Gasteiger partial charge in [0.25, 0.3) is 0 Å². The third-order valence-corrected chi connectivity index (χ3v) is 5.07. The molecule has 33 heavy (non-hydrogen) atoms. The maximum absolute atomic E-state index is 12.8. The van der Waals surface area contributed by atoms with E-state index in [9.17, 15) is 14.7 Å². The molecular formula is C24H20N4O5. The number of carbonyl (C=O) groups is 2. The molecule has 0 saturated heterocycles. The van der Waals surface area contributed by atoms with E-state index in [1.807, 2.05) is 6.92 Å². The molecule has 0 unspecified atom stereocenters. The molecule has 9 heteroatoms. The Bertz CT molecular complexity index is 1390. The first-order valence-electron chi connectivity index (χ1n) is 9.92. The highest BCUT2D eigenvalue weighted by Crippen LogP contribution is 2.27. The van der Waals surface area contributed by atoms with E-state index in [0.29, 0.717) is 16.5 Å². The van der Waals surface area contributed by atoms with Crippen molar-refractivity contribution in [3.05, 3.63) is 82.9 Å². The molecule has 0 aliphatic carbocycles. The molecule has 0 radical (unpaired) electrons. The SMILES string of the molecule is Cc1c(COC(=O)c2ccccc2OC(=O)c2ccccc2O)ccc2nc(N)nc(N)c12. The van der Waals surface area contributed by atoms with Gasteiger partial charge in [-0.25, -0.2) is 14.6 Å². The molecule has 0 saturated carbocycles. The Labute approximate surface area is 188 Å². The number of fused-ring (bicyclic) bond motifs is 1. The van der Waals surface area contributed by atoms with Gasteiger partial charge < -0.3 is 26.0 Å². The molecule has 1 heterocycles. The molecule has 0 aliphatic heterocycles. The van der Waals surface area contributed by atoms with Gasteiger partial charge in [-0.05, 0) is 48.4 Å². The monoisotopic (exact) mass is 444 g/mol. The third kappa shape index (κ3) is 4.38. The average Bonchev–Trinajstić information content (AvgIpc) is 2.78. The molecule has 0 amide bonds. The minimum absolute atomic E-state index is 0.0131. The summed E-state index contributed by atoms with van der Waals surface area (Å²) in [6.07, 6.45) is 0. The second-order valence-corrected chi connectivity index (χ2v) is 7.19. The van der Waals surface area contributed by atoms with Crippen LogP contribution in [-0.2, 0) is 11.3 Å². The Morgan fingerprint density at radius 2 is 1.61 bits per heavy atom. The smallest absolute Gasteiger partial charge is 0.347 e. The Kier molecular flexibility index (Phi) is 5.77. The van der Waals surface area contributed by atoms with Gasteiger partial charge in [-0.2, -0.15) is 4.98 Å². The Morgan fingerprint density at radius 1 is 0.909 bits per heavy atom. The number of phenolic OH excluding ortho intramolecular Hbond substituents is 1. The predicted molar refractivity (Wildman–Crippen MR) is 122 cm³/mol. The van der Waals surface area contributed by atoms with E-state index >= 15 is 0 Å². The number of ether oxygens (including phenoxy) is 2. The molecule has 0 bridgehead atoms. The lowest BCUT2D eigenvalue weighted by molar-refractivity contribution is 0.0467. The van der Waals surface area contributed by atoms with Gasteiger partial charge in [-0.1, -0.05) is 30.3 Å². The van der Waals surface area contributed by atoms with Crippen molar-refractivity contribution in [3.63, 3.8) is 0 Å². The fourth-order valence-electron chi connectivity index (χ4n) is 3.39. The van der Waals surface area contributed by atoms with Crippen LogP contribution in [0.3, 0.4) is 0 Å². The number of aromatic hydroxyl groups is 1. The minimum Gasteiger partial charge on any atom is -0.507 e. The van der Waals surface area contributed by atoms with Crippen LogP contribution in [0.1, 0.15) is 31.8 Å². The lowest BCUT2D eigenvalue weighted by Gasteiger charge is -2.13. The van der Waals surface area contributed by atoms with Crippen LogP contribution < -0.4 is 16.2 Å². The van der Waals surface area contributed by atoms with Crippen LogP contribution in [0.2, 0.25) is 0 Å². The van der Waals surface area contributed by atoms with Gasteiger partial charge in [0.05, 0.1) is 5.52 Å². The summed E-state index contributed by atoms with van der Waals surface area (Å²) in [6.45, 7) is 1.77. The second-order valence-electron chi connectivity index (χ2n) is 7.19. The number of nitrogens with two attached hydrogens (primary N) is 2. The maximum atomic E-state index is 12.8. The van der Waals surface area contributed by atoms with Crippen molar-refractivity contribution in [1.29, 1.82) is 0 Å². The minimum atomic E-state index is -0.798. The fraction of sp³-hybridized carbons (Fsp3) is 0.0833. The highest BCUT2D eigenvalue weighted by atomic mass is 16.5. The molecule has 166 valence electrons. The number of nitrogens with zero attached hydrogens (tertiary/aromatic N) is 2. The van der Waals surface area contributed by atoms with E-state index in [-0.39, 0.29) is 41.0 Å². The Balaban J connectivity index is 1.54. The maximum Gasteiger partial charge on any atom is 0.347 e. The lowest BCUT2D eigenvalue weighted by atomic mass is 10.0. The molecule has 0 fully saturated rings. The topological polar surface area (TPSA) is 151 Å². The normalized spacial score (nSPS) is 10.7. The Morgan fingerprint density at radius 3 is 2.36 bits per heavy atom. The quantitative estimate of drug-likeness (QED) is 0.311. The van der Waals surface area contributed by atoms with Crippen LogP contribution in [-0.4, -0.2) is 27.0 Å². The van der Waals surface area contributed by atoms with E-state index in [0.717, 1.165) is 5.56 Å². The summed E-state index contributed by atoms with van der Waals surface area (Å²) in [6, 6.07) is 15.6. The van der Waals surface area contributed by atoms with Crippen molar-refractivity contribution in [2.45, 2.75) is 13.5 Å². The molecule has 5 N–H and O–H groups in total. The summed E-state index contributed by atoms with van der Waals surface area (Å²) in [7, 11) is 0. The summed E-state index contributed by atoms with van der Waals surface area (Å²) in [5.41, 5.74) is 13.7. The van der Waals surface area contributed by atoms with Gasteiger partial charge >= 0.3 is 11.9 Å². The third-order valence-electron chi connectivity index (χ3n) is 5.07. The number of anilines is 2. The molecule has 3 aromatic carbocycles. The second kappa shape index (κ2) is 8.83. The van der Waals surface area contributed by atoms with Gasteiger partial charge in [-0.3, -0.25) is 0 Å². The van der Waals surface area contributed by atoms with Crippen LogP contribution in [0.5, 0.6) is 11.5 Å².